The average molecular weight is 537 g/mol. The summed E-state index contributed by atoms with van der Waals surface area (Å²) in [7, 11) is -3.96. The SMILES string of the molecule is C=C(CCN(Cc1ccc(C(F)(F)F)cc1)S(=O)(=O)c1ccccc1)C1=NC[C@](C)(C(=O)NC(C)C)N1. The van der Waals surface area contributed by atoms with E-state index in [1.165, 1.54) is 28.6 Å². The van der Waals surface area contributed by atoms with Gasteiger partial charge in [0.1, 0.15) is 11.4 Å². The van der Waals surface area contributed by atoms with Gasteiger partial charge in [0.2, 0.25) is 15.9 Å². The van der Waals surface area contributed by atoms with Gasteiger partial charge < -0.3 is 10.6 Å². The first kappa shape index (κ1) is 28.4. The molecule has 3 rings (SSSR count). The van der Waals surface area contributed by atoms with E-state index in [-0.39, 0.29) is 42.9 Å². The van der Waals surface area contributed by atoms with Gasteiger partial charge in [0.25, 0.3) is 0 Å². The molecule has 37 heavy (non-hydrogen) atoms. The molecule has 2 aromatic rings. The van der Waals surface area contributed by atoms with Gasteiger partial charge in [-0.15, -0.1) is 0 Å². The van der Waals surface area contributed by atoms with Crippen LogP contribution in [-0.4, -0.2) is 49.1 Å². The quantitative estimate of drug-likeness (QED) is 0.478. The first-order valence-electron chi connectivity index (χ1n) is 11.8. The van der Waals surface area contributed by atoms with Crippen LogP contribution in [0, 0.1) is 0 Å². The fourth-order valence-corrected chi connectivity index (χ4v) is 5.18. The largest absolute Gasteiger partial charge is 0.416 e. The monoisotopic (exact) mass is 536 g/mol. The van der Waals surface area contributed by atoms with E-state index < -0.39 is 27.3 Å². The molecule has 0 aliphatic carbocycles. The third-order valence-electron chi connectivity index (χ3n) is 5.89. The van der Waals surface area contributed by atoms with Gasteiger partial charge in [0.15, 0.2) is 0 Å². The number of rotatable bonds is 10. The van der Waals surface area contributed by atoms with E-state index in [4.69, 9.17) is 0 Å². The molecule has 0 aromatic heterocycles. The molecule has 0 saturated carbocycles. The number of hydrogen-bond acceptors (Lipinski definition) is 5. The Balaban J connectivity index is 1.76. The van der Waals surface area contributed by atoms with Crippen LogP contribution in [0.1, 0.15) is 38.3 Å². The van der Waals surface area contributed by atoms with Gasteiger partial charge in [0.05, 0.1) is 17.0 Å². The van der Waals surface area contributed by atoms with E-state index >= 15 is 0 Å². The van der Waals surface area contributed by atoms with Crippen molar-refractivity contribution in [1.29, 1.82) is 0 Å². The molecular formula is C26H31F3N4O3S. The molecule has 11 heteroatoms. The Labute approximate surface area is 215 Å². The first-order chi connectivity index (χ1) is 17.2. The Hall–Kier alpha value is -3.18. The Morgan fingerprint density at radius 2 is 1.78 bits per heavy atom. The van der Waals surface area contributed by atoms with E-state index in [2.05, 4.69) is 22.2 Å². The molecule has 0 bridgehead atoms. The van der Waals surface area contributed by atoms with Gasteiger partial charge in [-0.3, -0.25) is 9.79 Å². The zero-order valence-corrected chi connectivity index (χ0v) is 21.8. The summed E-state index contributed by atoms with van der Waals surface area (Å²) in [5, 5.41) is 5.95. The summed E-state index contributed by atoms with van der Waals surface area (Å²) in [6.07, 6.45) is -4.29. The number of amides is 1. The Morgan fingerprint density at radius 1 is 1.16 bits per heavy atom. The van der Waals surface area contributed by atoms with Crippen molar-refractivity contribution in [3.8, 4) is 0 Å². The minimum atomic E-state index is -4.48. The summed E-state index contributed by atoms with van der Waals surface area (Å²) in [5.74, 6) is 0.220. The number of nitrogens with zero attached hydrogens (tertiary/aromatic N) is 2. The van der Waals surface area contributed by atoms with Crippen molar-refractivity contribution in [3.63, 3.8) is 0 Å². The van der Waals surface area contributed by atoms with Crippen LogP contribution in [0.15, 0.2) is 76.6 Å². The topological polar surface area (TPSA) is 90.9 Å². The van der Waals surface area contributed by atoms with Gasteiger partial charge in [-0.1, -0.05) is 36.9 Å². The van der Waals surface area contributed by atoms with Crippen molar-refractivity contribution in [1.82, 2.24) is 14.9 Å². The summed E-state index contributed by atoms with van der Waals surface area (Å²) in [4.78, 5) is 17.0. The fourth-order valence-electron chi connectivity index (χ4n) is 3.73. The van der Waals surface area contributed by atoms with Crippen molar-refractivity contribution in [2.24, 2.45) is 4.99 Å². The lowest BCUT2D eigenvalue weighted by Gasteiger charge is -2.26. The number of nitrogens with one attached hydrogen (secondary N) is 2. The van der Waals surface area contributed by atoms with E-state index in [0.29, 0.717) is 17.0 Å². The third-order valence-corrected chi connectivity index (χ3v) is 7.75. The van der Waals surface area contributed by atoms with Gasteiger partial charge in [0, 0.05) is 19.1 Å². The fraction of sp³-hybridized carbons (Fsp3) is 0.385. The summed E-state index contributed by atoms with van der Waals surface area (Å²) in [6, 6.07) is 12.2. The number of amidine groups is 1. The molecule has 1 heterocycles. The lowest BCUT2D eigenvalue weighted by molar-refractivity contribution is -0.137. The van der Waals surface area contributed by atoms with Crippen LogP contribution in [0.3, 0.4) is 0 Å². The first-order valence-corrected chi connectivity index (χ1v) is 13.2. The van der Waals surface area contributed by atoms with Crippen LogP contribution in [0.4, 0.5) is 13.2 Å². The Morgan fingerprint density at radius 3 is 2.35 bits per heavy atom. The average Bonchev–Trinajstić information content (AvgIpc) is 3.25. The van der Waals surface area contributed by atoms with Crippen molar-refractivity contribution in [2.45, 2.75) is 56.4 Å². The highest BCUT2D eigenvalue weighted by Crippen LogP contribution is 2.29. The Kier molecular flexibility index (Phi) is 8.49. The number of aliphatic imine (C=N–C) groups is 1. The molecule has 2 N–H and O–H groups in total. The zero-order chi connectivity index (χ0) is 27.4. The standard InChI is InChI=1S/C26H31F3N4O3S/c1-18(2)31-24(34)25(4)17-30-23(32-25)19(3)14-15-33(37(35,36)22-8-6-5-7-9-22)16-20-10-12-21(13-11-20)26(27,28)29/h5-13,18H,3,14-17H2,1-2,4H3,(H,30,32)(H,31,34)/t25-/m1/s1. The molecule has 1 aliphatic heterocycles. The molecule has 2 aromatic carbocycles. The van der Waals surface area contributed by atoms with Crippen molar-refractivity contribution < 1.29 is 26.4 Å². The van der Waals surface area contributed by atoms with Crippen molar-refractivity contribution in [2.75, 3.05) is 13.1 Å². The number of sulfonamides is 1. The second-order valence-corrected chi connectivity index (χ2v) is 11.4. The smallest absolute Gasteiger partial charge is 0.355 e. The van der Waals surface area contributed by atoms with E-state index in [1.54, 1.807) is 25.1 Å². The highest BCUT2D eigenvalue weighted by atomic mass is 32.2. The predicted molar refractivity (Wildman–Crippen MR) is 136 cm³/mol. The number of benzene rings is 2. The number of hydrogen-bond donors (Lipinski definition) is 2. The van der Waals surface area contributed by atoms with Crippen LogP contribution >= 0.6 is 0 Å². The molecule has 0 saturated heterocycles. The van der Waals surface area contributed by atoms with Gasteiger partial charge in [-0.2, -0.15) is 17.5 Å². The van der Waals surface area contributed by atoms with Crippen LogP contribution in [0.2, 0.25) is 0 Å². The molecule has 200 valence electrons. The second-order valence-electron chi connectivity index (χ2n) is 9.45. The molecule has 0 fully saturated rings. The van der Waals surface area contributed by atoms with Crippen molar-refractivity contribution in [3.05, 3.63) is 77.9 Å². The van der Waals surface area contributed by atoms with E-state index in [0.717, 1.165) is 12.1 Å². The molecular weight excluding hydrogens is 505 g/mol. The van der Waals surface area contributed by atoms with Crippen molar-refractivity contribution >= 4 is 21.8 Å². The summed E-state index contributed by atoms with van der Waals surface area (Å²) in [5.41, 5.74) is -0.829. The highest BCUT2D eigenvalue weighted by molar-refractivity contribution is 7.89. The molecule has 0 spiro atoms. The minimum Gasteiger partial charge on any atom is -0.355 e. The lowest BCUT2D eigenvalue weighted by atomic mass is 10.0. The van der Waals surface area contributed by atoms with E-state index in [9.17, 15) is 26.4 Å². The van der Waals surface area contributed by atoms with Crippen LogP contribution < -0.4 is 10.6 Å². The maximum Gasteiger partial charge on any atom is 0.416 e. The van der Waals surface area contributed by atoms with Crippen LogP contribution in [0.25, 0.3) is 0 Å². The summed E-state index contributed by atoms with van der Waals surface area (Å²) in [6.45, 7) is 9.55. The maximum atomic E-state index is 13.4. The number of alkyl halides is 3. The lowest BCUT2D eigenvalue weighted by Crippen LogP contribution is -2.56. The predicted octanol–water partition coefficient (Wildman–Crippen LogP) is 4.13. The minimum absolute atomic E-state index is 0.00663. The molecule has 0 unspecified atom stereocenters. The number of carbonyl (C=O) groups excluding carboxylic acids is 1. The molecule has 0 radical (unpaired) electrons. The maximum absolute atomic E-state index is 13.4. The highest BCUT2D eigenvalue weighted by Gasteiger charge is 2.39. The van der Waals surface area contributed by atoms with E-state index in [1.807, 2.05) is 13.8 Å². The molecule has 7 nitrogen and oxygen atoms in total. The number of carbonyl (C=O) groups is 1. The molecule has 1 amide bonds. The molecule has 1 atom stereocenters. The third kappa shape index (κ3) is 6.98. The summed E-state index contributed by atoms with van der Waals surface area (Å²) < 4.78 is 66.9. The van der Waals surface area contributed by atoms with Gasteiger partial charge in [-0.25, -0.2) is 8.42 Å². The second kappa shape index (κ2) is 11.1. The van der Waals surface area contributed by atoms with Crippen LogP contribution in [-0.2, 0) is 27.5 Å². The Bertz CT molecular complexity index is 1260. The molecule has 1 aliphatic rings. The summed E-state index contributed by atoms with van der Waals surface area (Å²) >= 11 is 0. The number of halogens is 3. The zero-order valence-electron chi connectivity index (χ0n) is 21.0. The van der Waals surface area contributed by atoms with Gasteiger partial charge in [-0.05, 0) is 62.6 Å². The van der Waals surface area contributed by atoms with Gasteiger partial charge >= 0.3 is 6.18 Å². The normalized spacial score (nSPS) is 18.0. The van der Waals surface area contributed by atoms with Crippen LogP contribution in [0.5, 0.6) is 0 Å².